The van der Waals surface area contributed by atoms with E-state index in [0.717, 1.165) is 29.8 Å². The van der Waals surface area contributed by atoms with Crippen LogP contribution in [0.1, 0.15) is 31.6 Å². The van der Waals surface area contributed by atoms with Crippen molar-refractivity contribution in [3.63, 3.8) is 0 Å². The van der Waals surface area contributed by atoms with E-state index in [9.17, 15) is 5.11 Å². The fraction of sp³-hybridized carbons (Fsp3) is 0.636. The Morgan fingerprint density at radius 2 is 2.33 bits per heavy atom. The Labute approximate surface area is 98.0 Å². The lowest BCUT2D eigenvalue weighted by molar-refractivity contribution is 0.203. The van der Waals surface area contributed by atoms with Crippen molar-refractivity contribution in [3.05, 3.63) is 22.6 Å². The zero-order valence-corrected chi connectivity index (χ0v) is 10.4. The first kappa shape index (κ1) is 11.2. The summed E-state index contributed by atoms with van der Waals surface area (Å²) in [6.07, 6.45) is 2.26. The molecule has 3 nitrogen and oxygen atoms in total. The Morgan fingerprint density at radius 1 is 1.60 bits per heavy atom. The molecule has 0 spiro atoms. The van der Waals surface area contributed by atoms with E-state index >= 15 is 0 Å². The molecule has 15 heavy (non-hydrogen) atoms. The molecule has 1 saturated carbocycles. The van der Waals surface area contributed by atoms with E-state index < -0.39 is 0 Å². The quantitative estimate of drug-likeness (QED) is 0.867. The topological polar surface area (TPSA) is 45.4 Å². The summed E-state index contributed by atoms with van der Waals surface area (Å²) < 4.78 is 6.21. The van der Waals surface area contributed by atoms with Crippen LogP contribution in [0.2, 0.25) is 0 Å². The van der Waals surface area contributed by atoms with Crippen LogP contribution in [0.3, 0.4) is 0 Å². The molecule has 0 saturated heterocycles. The number of rotatable bonds is 5. The van der Waals surface area contributed by atoms with Crippen molar-refractivity contribution in [1.82, 2.24) is 5.32 Å². The smallest absolute Gasteiger partial charge is 0.169 e. The fourth-order valence-electron chi connectivity index (χ4n) is 1.60. The standard InChI is InChI=1S/C11H16BrNO2/c1-8(9-2-3-10(12)15-9)13-6-11(7-14)4-5-11/h2-3,8,13-14H,4-7H2,1H3. The van der Waals surface area contributed by atoms with Gasteiger partial charge in [0.05, 0.1) is 6.04 Å². The summed E-state index contributed by atoms with van der Waals surface area (Å²) in [6, 6.07) is 4.05. The molecule has 1 atom stereocenters. The molecule has 1 aromatic heterocycles. The molecule has 1 aliphatic carbocycles. The third kappa shape index (κ3) is 2.62. The second kappa shape index (κ2) is 4.28. The van der Waals surface area contributed by atoms with Crippen LogP contribution in [0, 0.1) is 5.41 Å². The largest absolute Gasteiger partial charge is 0.453 e. The van der Waals surface area contributed by atoms with Gasteiger partial charge in [-0.05, 0) is 47.8 Å². The van der Waals surface area contributed by atoms with Gasteiger partial charge in [0.2, 0.25) is 0 Å². The highest BCUT2D eigenvalue weighted by Crippen LogP contribution is 2.44. The Morgan fingerprint density at radius 3 is 2.80 bits per heavy atom. The number of aliphatic hydroxyl groups is 1. The van der Waals surface area contributed by atoms with Crippen molar-refractivity contribution in [2.45, 2.75) is 25.8 Å². The fourth-order valence-corrected chi connectivity index (χ4v) is 1.92. The molecule has 2 N–H and O–H groups in total. The molecule has 1 heterocycles. The average molecular weight is 274 g/mol. The van der Waals surface area contributed by atoms with Gasteiger partial charge in [-0.15, -0.1) is 0 Å². The lowest BCUT2D eigenvalue weighted by atomic mass is 10.1. The molecule has 2 rings (SSSR count). The van der Waals surface area contributed by atoms with Crippen molar-refractivity contribution in [2.75, 3.05) is 13.2 Å². The first-order valence-corrected chi connectivity index (χ1v) is 6.04. The van der Waals surface area contributed by atoms with Gasteiger partial charge in [0, 0.05) is 18.6 Å². The van der Waals surface area contributed by atoms with E-state index in [0.29, 0.717) is 0 Å². The highest BCUT2D eigenvalue weighted by Gasteiger charge is 2.41. The zero-order chi connectivity index (χ0) is 10.9. The van der Waals surface area contributed by atoms with Crippen molar-refractivity contribution in [1.29, 1.82) is 0 Å². The number of nitrogens with one attached hydrogen (secondary N) is 1. The lowest BCUT2D eigenvalue weighted by Gasteiger charge is -2.16. The Balaban J connectivity index is 1.85. The highest BCUT2D eigenvalue weighted by molar-refractivity contribution is 9.10. The maximum atomic E-state index is 9.17. The Hall–Kier alpha value is -0.320. The van der Waals surface area contributed by atoms with Gasteiger partial charge >= 0.3 is 0 Å². The van der Waals surface area contributed by atoms with Crippen LogP contribution in [0.25, 0.3) is 0 Å². The summed E-state index contributed by atoms with van der Waals surface area (Å²) in [4.78, 5) is 0. The molecule has 1 fully saturated rings. The van der Waals surface area contributed by atoms with Crippen LogP contribution in [0.5, 0.6) is 0 Å². The van der Waals surface area contributed by atoms with Crippen LogP contribution in [0.15, 0.2) is 21.2 Å². The molecule has 1 aliphatic rings. The van der Waals surface area contributed by atoms with E-state index in [2.05, 4.69) is 28.2 Å². The SMILES string of the molecule is CC(NCC1(CO)CC1)c1ccc(Br)o1. The van der Waals surface area contributed by atoms with E-state index in [1.165, 1.54) is 0 Å². The van der Waals surface area contributed by atoms with Gasteiger partial charge in [-0.2, -0.15) is 0 Å². The maximum absolute atomic E-state index is 9.17. The first-order chi connectivity index (χ1) is 7.15. The van der Waals surface area contributed by atoms with Gasteiger partial charge in [-0.3, -0.25) is 0 Å². The molecule has 84 valence electrons. The minimum Gasteiger partial charge on any atom is -0.453 e. The maximum Gasteiger partial charge on any atom is 0.169 e. The molecule has 0 bridgehead atoms. The van der Waals surface area contributed by atoms with Crippen LogP contribution in [0.4, 0.5) is 0 Å². The summed E-state index contributed by atoms with van der Waals surface area (Å²) in [5, 5.41) is 12.6. The molecule has 0 aliphatic heterocycles. The normalized spacial score (nSPS) is 20.2. The van der Waals surface area contributed by atoms with E-state index in [1.54, 1.807) is 0 Å². The Bertz CT molecular complexity index is 333. The molecule has 0 aromatic carbocycles. The van der Waals surface area contributed by atoms with Gasteiger partial charge in [0.15, 0.2) is 4.67 Å². The number of hydrogen-bond donors (Lipinski definition) is 2. The van der Waals surface area contributed by atoms with Gasteiger partial charge in [0.1, 0.15) is 5.76 Å². The molecule has 1 aromatic rings. The second-order valence-corrected chi connectivity index (χ2v) is 5.18. The van der Waals surface area contributed by atoms with Crippen molar-refractivity contribution in [3.8, 4) is 0 Å². The zero-order valence-electron chi connectivity index (χ0n) is 8.79. The molecule has 0 amide bonds. The molecule has 4 heteroatoms. The summed E-state index contributed by atoms with van der Waals surface area (Å²) >= 11 is 3.28. The van der Waals surface area contributed by atoms with E-state index in [1.807, 2.05) is 12.1 Å². The van der Waals surface area contributed by atoms with Crippen molar-refractivity contribution < 1.29 is 9.52 Å². The van der Waals surface area contributed by atoms with Crippen molar-refractivity contribution >= 4 is 15.9 Å². The van der Waals surface area contributed by atoms with Crippen LogP contribution >= 0.6 is 15.9 Å². The minimum atomic E-state index is 0.151. The molecular weight excluding hydrogens is 258 g/mol. The highest BCUT2D eigenvalue weighted by atomic mass is 79.9. The third-order valence-electron chi connectivity index (χ3n) is 3.10. The summed E-state index contributed by atoms with van der Waals surface area (Å²) in [5.41, 5.74) is 0.151. The van der Waals surface area contributed by atoms with Gasteiger partial charge in [-0.1, -0.05) is 0 Å². The predicted molar refractivity (Wildman–Crippen MR) is 61.6 cm³/mol. The number of halogens is 1. The third-order valence-corrected chi connectivity index (χ3v) is 3.52. The van der Waals surface area contributed by atoms with Gasteiger partial charge in [-0.25, -0.2) is 0 Å². The van der Waals surface area contributed by atoms with Gasteiger partial charge in [0.25, 0.3) is 0 Å². The number of aliphatic hydroxyl groups excluding tert-OH is 1. The van der Waals surface area contributed by atoms with Gasteiger partial charge < -0.3 is 14.8 Å². The van der Waals surface area contributed by atoms with Crippen LogP contribution < -0.4 is 5.32 Å². The minimum absolute atomic E-state index is 0.151. The van der Waals surface area contributed by atoms with E-state index in [-0.39, 0.29) is 18.1 Å². The Kier molecular flexibility index (Phi) is 3.19. The van der Waals surface area contributed by atoms with Crippen LogP contribution in [-0.4, -0.2) is 18.3 Å². The number of hydrogen-bond acceptors (Lipinski definition) is 3. The van der Waals surface area contributed by atoms with Crippen molar-refractivity contribution in [2.24, 2.45) is 5.41 Å². The second-order valence-electron chi connectivity index (χ2n) is 4.40. The predicted octanol–water partition coefficient (Wildman–Crippen LogP) is 2.47. The monoisotopic (exact) mass is 273 g/mol. The average Bonchev–Trinajstić information content (AvgIpc) is 2.90. The lowest BCUT2D eigenvalue weighted by Crippen LogP contribution is -2.28. The van der Waals surface area contributed by atoms with E-state index in [4.69, 9.17) is 4.42 Å². The summed E-state index contributed by atoms with van der Waals surface area (Å²) in [5.74, 6) is 0.926. The molecule has 1 unspecified atom stereocenters. The first-order valence-electron chi connectivity index (χ1n) is 5.25. The van der Waals surface area contributed by atoms with Crippen LogP contribution in [-0.2, 0) is 0 Å². The molecule has 0 radical (unpaired) electrons. The summed E-state index contributed by atoms with van der Waals surface area (Å²) in [6.45, 7) is 3.22. The summed E-state index contributed by atoms with van der Waals surface area (Å²) in [7, 11) is 0. The number of furan rings is 1. The molecular formula is C11H16BrNO2.